The molecule has 0 fully saturated rings. The first kappa shape index (κ1) is 13.8. The number of hydrogen-bond donors (Lipinski definition) is 1. The third-order valence-electron chi connectivity index (χ3n) is 2.38. The first-order valence-corrected chi connectivity index (χ1v) is 5.31. The number of esters is 1. The number of halogens is 3. The highest BCUT2D eigenvalue weighted by atomic mass is 19.4. The summed E-state index contributed by atoms with van der Waals surface area (Å²) in [6.45, 7) is 0. The Bertz CT molecular complexity index is 651. The molecule has 2 N–H and O–H groups in total. The number of anilines is 1. The van der Waals surface area contributed by atoms with E-state index in [1.54, 1.807) is 0 Å². The molecule has 2 aromatic heterocycles. The maximum atomic E-state index is 12.6. The molecule has 9 heteroatoms. The molecule has 0 aliphatic heterocycles. The summed E-state index contributed by atoms with van der Waals surface area (Å²) < 4.78 is 43.1. The molecule has 6 nitrogen and oxygen atoms in total. The molecule has 20 heavy (non-hydrogen) atoms. The molecule has 0 bridgehead atoms. The number of pyridine rings is 1. The summed E-state index contributed by atoms with van der Waals surface area (Å²) in [7, 11) is 1.14. The van der Waals surface area contributed by atoms with Gasteiger partial charge in [0.2, 0.25) is 0 Å². The van der Waals surface area contributed by atoms with Crippen molar-refractivity contribution in [3.05, 3.63) is 35.8 Å². The summed E-state index contributed by atoms with van der Waals surface area (Å²) in [6, 6.07) is 3.32. The Hall–Kier alpha value is -2.58. The van der Waals surface area contributed by atoms with Gasteiger partial charge in [0.1, 0.15) is 5.69 Å². The SMILES string of the molecule is COC(=O)c1nn(-c2cccc(C(F)(F)F)n2)cc1N. The second-order valence-corrected chi connectivity index (χ2v) is 3.75. The van der Waals surface area contributed by atoms with Crippen LogP contribution in [0, 0.1) is 0 Å². The standard InChI is InChI=1S/C11H9F3N4O2/c1-20-10(19)9-6(15)5-18(17-9)8-4-2-3-7(16-8)11(12,13)14/h2-5H,15H2,1H3. The quantitative estimate of drug-likeness (QED) is 0.849. The van der Waals surface area contributed by atoms with Crippen LogP contribution in [-0.4, -0.2) is 27.8 Å². The predicted octanol–water partition coefficient (Wildman–Crippen LogP) is 1.65. The van der Waals surface area contributed by atoms with Crippen molar-refractivity contribution in [2.75, 3.05) is 12.8 Å². The highest BCUT2D eigenvalue weighted by Crippen LogP contribution is 2.28. The number of rotatable bonds is 2. The molecule has 2 heterocycles. The second kappa shape index (κ2) is 4.83. The molecular weight excluding hydrogens is 277 g/mol. The molecule has 0 radical (unpaired) electrons. The van der Waals surface area contributed by atoms with E-state index in [0.717, 1.165) is 17.9 Å². The zero-order chi connectivity index (χ0) is 14.9. The number of nitrogens with zero attached hydrogens (tertiary/aromatic N) is 3. The molecule has 106 valence electrons. The minimum atomic E-state index is -4.57. The fourth-order valence-electron chi connectivity index (χ4n) is 1.47. The van der Waals surface area contributed by atoms with Crippen LogP contribution >= 0.6 is 0 Å². The van der Waals surface area contributed by atoms with Gasteiger partial charge in [-0.05, 0) is 12.1 Å². The van der Waals surface area contributed by atoms with Crippen molar-refractivity contribution >= 4 is 11.7 Å². The Morgan fingerprint density at radius 2 is 2.10 bits per heavy atom. The average Bonchev–Trinajstić information content (AvgIpc) is 2.79. The Morgan fingerprint density at radius 1 is 1.40 bits per heavy atom. The molecule has 0 saturated heterocycles. The Morgan fingerprint density at radius 3 is 2.70 bits per heavy atom. The van der Waals surface area contributed by atoms with E-state index in [0.29, 0.717) is 0 Å². The fourth-order valence-corrected chi connectivity index (χ4v) is 1.47. The summed E-state index contributed by atoms with van der Waals surface area (Å²) >= 11 is 0. The number of methoxy groups -OCH3 is 1. The molecule has 0 aliphatic rings. The van der Waals surface area contributed by atoms with E-state index in [-0.39, 0.29) is 17.2 Å². The van der Waals surface area contributed by atoms with Crippen molar-refractivity contribution < 1.29 is 22.7 Å². The van der Waals surface area contributed by atoms with Crippen molar-refractivity contribution in [2.24, 2.45) is 0 Å². The van der Waals surface area contributed by atoms with Crippen molar-refractivity contribution in [2.45, 2.75) is 6.18 Å². The minimum Gasteiger partial charge on any atom is -0.464 e. The summed E-state index contributed by atoms with van der Waals surface area (Å²) in [5, 5.41) is 3.76. The molecule has 0 aromatic carbocycles. The normalized spacial score (nSPS) is 11.4. The predicted molar refractivity (Wildman–Crippen MR) is 62.1 cm³/mol. The van der Waals surface area contributed by atoms with Crippen LogP contribution in [-0.2, 0) is 10.9 Å². The number of ether oxygens (including phenoxy) is 1. The minimum absolute atomic E-state index is 0.0175. The largest absolute Gasteiger partial charge is 0.464 e. The van der Waals surface area contributed by atoms with Crippen LogP contribution in [0.25, 0.3) is 5.82 Å². The lowest BCUT2D eigenvalue weighted by atomic mass is 10.3. The maximum Gasteiger partial charge on any atom is 0.433 e. The van der Waals surface area contributed by atoms with E-state index in [9.17, 15) is 18.0 Å². The Labute approximate surface area is 111 Å². The van der Waals surface area contributed by atoms with Crippen LogP contribution in [0.2, 0.25) is 0 Å². The van der Waals surface area contributed by atoms with Gasteiger partial charge >= 0.3 is 12.1 Å². The molecule has 2 rings (SSSR count). The highest BCUT2D eigenvalue weighted by Gasteiger charge is 2.32. The van der Waals surface area contributed by atoms with Crippen molar-refractivity contribution in [3.63, 3.8) is 0 Å². The molecular formula is C11H9F3N4O2. The van der Waals surface area contributed by atoms with E-state index >= 15 is 0 Å². The highest BCUT2D eigenvalue weighted by molar-refractivity contribution is 5.92. The molecule has 0 unspecified atom stereocenters. The zero-order valence-electron chi connectivity index (χ0n) is 10.2. The van der Waals surface area contributed by atoms with Gasteiger partial charge in [-0.2, -0.15) is 18.3 Å². The zero-order valence-corrected chi connectivity index (χ0v) is 10.2. The van der Waals surface area contributed by atoms with E-state index < -0.39 is 17.8 Å². The summed E-state index contributed by atoms with van der Waals surface area (Å²) in [6.07, 6.45) is -3.38. The van der Waals surface area contributed by atoms with E-state index in [1.165, 1.54) is 18.3 Å². The fraction of sp³-hybridized carbons (Fsp3) is 0.182. The number of nitrogens with two attached hydrogens (primary N) is 1. The van der Waals surface area contributed by atoms with Crippen molar-refractivity contribution in [3.8, 4) is 5.82 Å². The van der Waals surface area contributed by atoms with Gasteiger partial charge < -0.3 is 10.5 Å². The van der Waals surface area contributed by atoms with Crippen LogP contribution in [0.1, 0.15) is 16.2 Å². The topological polar surface area (TPSA) is 83.0 Å². The number of carbonyl (C=O) groups excluding carboxylic acids is 1. The number of alkyl halides is 3. The third kappa shape index (κ3) is 2.56. The number of aromatic nitrogens is 3. The van der Waals surface area contributed by atoms with Crippen LogP contribution in [0.15, 0.2) is 24.4 Å². The molecule has 2 aromatic rings. The van der Waals surface area contributed by atoms with E-state index in [1.807, 2.05) is 0 Å². The molecule has 0 aliphatic carbocycles. The number of hydrogen-bond acceptors (Lipinski definition) is 5. The monoisotopic (exact) mass is 286 g/mol. The summed E-state index contributed by atoms with van der Waals surface area (Å²) in [5.74, 6) is -0.894. The number of carbonyl (C=O) groups is 1. The van der Waals surface area contributed by atoms with Gasteiger partial charge in [0, 0.05) is 0 Å². The van der Waals surface area contributed by atoms with Crippen LogP contribution in [0.5, 0.6) is 0 Å². The van der Waals surface area contributed by atoms with Crippen molar-refractivity contribution in [1.82, 2.24) is 14.8 Å². The second-order valence-electron chi connectivity index (χ2n) is 3.75. The van der Waals surface area contributed by atoms with Gasteiger partial charge in [-0.15, -0.1) is 0 Å². The molecule has 0 spiro atoms. The van der Waals surface area contributed by atoms with Crippen LogP contribution in [0.4, 0.5) is 18.9 Å². The lowest BCUT2D eigenvalue weighted by Crippen LogP contribution is -2.11. The van der Waals surface area contributed by atoms with E-state index in [4.69, 9.17) is 5.73 Å². The van der Waals surface area contributed by atoms with E-state index in [2.05, 4.69) is 14.8 Å². The van der Waals surface area contributed by atoms with Gasteiger partial charge in [0.15, 0.2) is 11.5 Å². The number of nitrogen functional groups attached to an aromatic ring is 1. The van der Waals surface area contributed by atoms with Crippen molar-refractivity contribution in [1.29, 1.82) is 0 Å². The maximum absolute atomic E-state index is 12.6. The lowest BCUT2D eigenvalue weighted by Gasteiger charge is -2.07. The summed E-state index contributed by atoms with van der Waals surface area (Å²) in [4.78, 5) is 14.7. The smallest absolute Gasteiger partial charge is 0.433 e. The Kier molecular flexibility index (Phi) is 3.35. The van der Waals surface area contributed by atoms with Gasteiger partial charge in [-0.25, -0.2) is 14.5 Å². The van der Waals surface area contributed by atoms with Crippen LogP contribution in [0.3, 0.4) is 0 Å². The first-order chi connectivity index (χ1) is 9.32. The molecule has 0 amide bonds. The molecule has 0 atom stereocenters. The summed E-state index contributed by atoms with van der Waals surface area (Å²) in [5.41, 5.74) is 4.27. The molecule has 0 saturated carbocycles. The third-order valence-corrected chi connectivity index (χ3v) is 2.38. The van der Waals surface area contributed by atoms with Gasteiger partial charge in [-0.1, -0.05) is 6.07 Å². The van der Waals surface area contributed by atoms with Gasteiger partial charge in [0.05, 0.1) is 19.0 Å². The van der Waals surface area contributed by atoms with Gasteiger partial charge in [0.25, 0.3) is 0 Å². The first-order valence-electron chi connectivity index (χ1n) is 5.31. The van der Waals surface area contributed by atoms with Crippen LogP contribution < -0.4 is 5.73 Å². The van der Waals surface area contributed by atoms with Gasteiger partial charge in [-0.3, -0.25) is 0 Å². The lowest BCUT2D eigenvalue weighted by molar-refractivity contribution is -0.141. The Balaban J connectivity index is 2.45. The average molecular weight is 286 g/mol.